The Morgan fingerprint density at radius 2 is 2.13 bits per heavy atom. The number of aromatic nitrogens is 2. The maximum absolute atomic E-state index is 12.7. The standard InChI is InChI=1S/C20H29N2O7P/c1-10-7-22(20(25)21-18(10)24)19-17(28-9-11(2)27-3)16(14(8-23)29-19)13-6-15(13)30(26)12-4-5-12/h7,11-17,19,23H,4-6,8-9H2,1-3H3/p+1/t11-,13?,14+,15?,16?,17?,19+/m0/s1. The summed E-state index contributed by atoms with van der Waals surface area (Å²) in [6.07, 6.45) is 2.34. The van der Waals surface area contributed by atoms with Gasteiger partial charge in [-0.15, -0.1) is 0 Å². The van der Waals surface area contributed by atoms with Crippen molar-refractivity contribution >= 4 is 7.80 Å². The van der Waals surface area contributed by atoms with E-state index in [4.69, 9.17) is 14.2 Å². The molecule has 0 spiro atoms. The lowest BCUT2D eigenvalue weighted by Gasteiger charge is -2.26. The van der Waals surface area contributed by atoms with Crippen molar-refractivity contribution in [3.05, 3.63) is 32.6 Å². The second-order valence-electron chi connectivity index (χ2n) is 8.71. The molecule has 1 aliphatic heterocycles. The molecule has 3 aliphatic rings. The lowest BCUT2D eigenvalue weighted by Crippen LogP contribution is -2.39. The van der Waals surface area contributed by atoms with Crippen molar-refractivity contribution in [3.8, 4) is 0 Å². The van der Waals surface area contributed by atoms with E-state index in [0.717, 1.165) is 19.3 Å². The van der Waals surface area contributed by atoms with Gasteiger partial charge in [0.2, 0.25) is 0 Å². The molecule has 0 bridgehead atoms. The van der Waals surface area contributed by atoms with Gasteiger partial charge < -0.3 is 19.3 Å². The number of nitrogens with one attached hydrogen (secondary N) is 1. The van der Waals surface area contributed by atoms with E-state index in [1.807, 2.05) is 6.92 Å². The van der Waals surface area contributed by atoms with Gasteiger partial charge in [-0.05, 0) is 26.7 Å². The molecule has 9 nitrogen and oxygen atoms in total. The van der Waals surface area contributed by atoms with Crippen LogP contribution in [0.1, 0.15) is 38.0 Å². The molecule has 2 aliphatic carbocycles. The minimum absolute atomic E-state index is 0.119. The Kier molecular flexibility index (Phi) is 6.28. The molecule has 2 heterocycles. The van der Waals surface area contributed by atoms with Crippen LogP contribution in [0.15, 0.2) is 15.8 Å². The topological polar surface area (TPSA) is 120 Å². The van der Waals surface area contributed by atoms with Gasteiger partial charge in [0.25, 0.3) is 5.56 Å². The van der Waals surface area contributed by atoms with Gasteiger partial charge in [-0.25, -0.2) is 4.79 Å². The molecule has 10 heteroatoms. The molecule has 8 atom stereocenters. The SMILES string of the molecule is CO[C@@H](C)COC1C(C2CC2[P+](=O)C2CC2)[C@@H](CO)O[C@H]1n1cc(C)c(=O)[nH]c1=O. The van der Waals surface area contributed by atoms with Crippen LogP contribution in [-0.2, 0) is 18.8 Å². The zero-order valence-electron chi connectivity index (χ0n) is 17.5. The molecule has 0 amide bonds. The van der Waals surface area contributed by atoms with Crippen LogP contribution in [-0.4, -0.2) is 64.6 Å². The molecular weight excluding hydrogens is 411 g/mol. The van der Waals surface area contributed by atoms with Crippen molar-refractivity contribution in [2.24, 2.45) is 11.8 Å². The largest absolute Gasteiger partial charge is 0.394 e. The van der Waals surface area contributed by atoms with Gasteiger partial charge in [0, 0.05) is 37.1 Å². The summed E-state index contributed by atoms with van der Waals surface area (Å²) in [5.74, 6) is -0.0651. The van der Waals surface area contributed by atoms with Crippen LogP contribution in [0.2, 0.25) is 0 Å². The number of aromatic amines is 1. The third-order valence-electron chi connectivity index (χ3n) is 6.46. The van der Waals surface area contributed by atoms with Crippen molar-refractivity contribution in [1.82, 2.24) is 9.55 Å². The Balaban J connectivity index is 1.64. The fraction of sp³-hybridized carbons (Fsp3) is 0.800. The molecule has 3 fully saturated rings. The molecule has 1 aromatic heterocycles. The first-order chi connectivity index (χ1) is 14.3. The number of rotatable bonds is 9. The van der Waals surface area contributed by atoms with E-state index < -0.39 is 37.5 Å². The van der Waals surface area contributed by atoms with Crippen molar-refractivity contribution in [3.63, 3.8) is 0 Å². The number of nitrogens with zero attached hydrogens (tertiary/aromatic N) is 1. The highest BCUT2D eigenvalue weighted by Crippen LogP contribution is 2.63. The van der Waals surface area contributed by atoms with E-state index >= 15 is 0 Å². The maximum Gasteiger partial charge on any atom is 0.345 e. The monoisotopic (exact) mass is 441 g/mol. The Morgan fingerprint density at radius 3 is 2.77 bits per heavy atom. The van der Waals surface area contributed by atoms with Gasteiger partial charge in [0.1, 0.15) is 6.10 Å². The number of methoxy groups -OCH3 is 1. The number of hydrogen-bond donors (Lipinski definition) is 2. The summed E-state index contributed by atoms with van der Waals surface area (Å²) in [6.45, 7) is 3.56. The second-order valence-corrected chi connectivity index (χ2v) is 10.8. The highest BCUT2D eigenvalue weighted by molar-refractivity contribution is 7.47. The fourth-order valence-corrected chi connectivity index (χ4v) is 6.67. The van der Waals surface area contributed by atoms with Crippen LogP contribution >= 0.6 is 7.80 Å². The van der Waals surface area contributed by atoms with Crippen LogP contribution in [0.5, 0.6) is 0 Å². The van der Waals surface area contributed by atoms with Crippen LogP contribution in [0.4, 0.5) is 0 Å². The van der Waals surface area contributed by atoms with E-state index in [2.05, 4.69) is 4.98 Å². The normalized spacial score (nSPS) is 34.7. The van der Waals surface area contributed by atoms with E-state index in [-0.39, 0.29) is 30.2 Å². The van der Waals surface area contributed by atoms with E-state index in [0.29, 0.717) is 17.8 Å². The molecule has 4 rings (SSSR count). The Labute approximate surface area is 175 Å². The lowest BCUT2D eigenvalue weighted by molar-refractivity contribution is -0.0906. The van der Waals surface area contributed by atoms with Crippen molar-refractivity contribution in [2.45, 2.75) is 69.0 Å². The first-order valence-electron chi connectivity index (χ1n) is 10.5. The van der Waals surface area contributed by atoms with Crippen molar-refractivity contribution < 1.29 is 23.9 Å². The molecule has 30 heavy (non-hydrogen) atoms. The molecule has 0 aromatic carbocycles. The first-order valence-corrected chi connectivity index (χ1v) is 11.9. The first kappa shape index (κ1) is 21.8. The number of aliphatic hydroxyl groups is 1. The van der Waals surface area contributed by atoms with Crippen LogP contribution in [0.25, 0.3) is 0 Å². The minimum Gasteiger partial charge on any atom is -0.394 e. The predicted octanol–water partition coefficient (Wildman–Crippen LogP) is 1.15. The molecule has 2 saturated carbocycles. The third-order valence-corrected chi connectivity index (χ3v) is 8.95. The van der Waals surface area contributed by atoms with Crippen molar-refractivity contribution in [2.75, 3.05) is 20.3 Å². The highest BCUT2D eigenvalue weighted by atomic mass is 31.1. The van der Waals surface area contributed by atoms with Crippen LogP contribution in [0.3, 0.4) is 0 Å². The van der Waals surface area contributed by atoms with Gasteiger partial charge in [0.15, 0.2) is 17.5 Å². The lowest BCUT2D eigenvalue weighted by atomic mass is 9.92. The zero-order chi connectivity index (χ0) is 21.6. The summed E-state index contributed by atoms with van der Waals surface area (Å²) in [4.78, 5) is 26.6. The summed E-state index contributed by atoms with van der Waals surface area (Å²) in [5, 5.41) is 10.0. The molecule has 0 radical (unpaired) electrons. The number of aliphatic hydroxyl groups excluding tert-OH is 1. The predicted molar refractivity (Wildman–Crippen MR) is 109 cm³/mol. The third kappa shape index (κ3) is 4.18. The van der Waals surface area contributed by atoms with Gasteiger partial charge >= 0.3 is 13.5 Å². The zero-order valence-corrected chi connectivity index (χ0v) is 18.4. The summed E-state index contributed by atoms with van der Waals surface area (Å²) in [7, 11) is 0.328. The average Bonchev–Trinajstić information content (AvgIpc) is 3.65. The van der Waals surface area contributed by atoms with Gasteiger partial charge in [-0.2, -0.15) is 0 Å². The molecule has 2 N–H and O–H groups in total. The molecule has 1 aromatic rings. The summed E-state index contributed by atoms with van der Waals surface area (Å²) in [6, 6.07) is 0. The smallest absolute Gasteiger partial charge is 0.345 e. The molecular formula is C20H30N2O7P+. The number of hydrogen-bond acceptors (Lipinski definition) is 7. The number of aryl methyl sites for hydroxylation is 1. The van der Waals surface area contributed by atoms with Crippen LogP contribution < -0.4 is 11.2 Å². The number of H-pyrrole nitrogens is 1. The molecule has 1 saturated heterocycles. The van der Waals surface area contributed by atoms with Gasteiger partial charge in [0.05, 0.1) is 25.4 Å². The second kappa shape index (κ2) is 8.63. The maximum atomic E-state index is 12.7. The number of ether oxygens (including phenoxy) is 3. The Bertz CT molecular complexity index is 911. The van der Waals surface area contributed by atoms with Gasteiger partial charge in [-0.1, -0.05) is 4.57 Å². The van der Waals surface area contributed by atoms with E-state index in [9.17, 15) is 19.3 Å². The summed E-state index contributed by atoms with van der Waals surface area (Å²) in [5.41, 5.74) is -0.198. The van der Waals surface area contributed by atoms with E-state index in [1.165, 1.54) is 10.8 Å². The average molecular weight is 441 g/mol. The molecule has 166 valence electrons. The molecule has 5 unspecified atom stereocenters. The van der Waals surface area contributed by atoms with Gasteiger partial charge in [-0.3, -0.25) is 14.3 Å². The quantitative estimate of drug-likeness (QED) is 0.552. The highest BCUT2D eigenvalue weighted by Gasteiger charge is 2.65. The fourth-order valence-electron chi connectivity index (χ4n) is 4.45. The van der Waals surface area contributed by atoms with Crippen LogP contribution in [0, 0.1) is 18.8 Å². The summed E-state index contributed by atoms with van der Waals surface area (Å²) >= 11 is 0. The Hall–Kier alpha value is -1.38. The summed E-state index contributed by atoms with van der Waals surface area (Å²) < 4.78 is 31.6. The van der Waals surface area contributed by atoms with Crippen molar-refractivity contribution in [1.29, 1.82) is 0 Å². The minimum atomic E-state index is -1.27. The Morgan fingerprint density at radius 1 is 1.40 bits per heavy atom. The van der Waals surface area contributed by atoms with E-state index in [1.54, 1.807) is 14.0 Å².